The molecule has 5 rings (SSSR count). The van der Waals surface area contributed by atoms with Gasteiger partial charge in [0, 0.05) is 18.3 Å². The summed E-state index contributed by atoms with van der Waals surface area (Å²) in [7, 11) is 0. The first-order valence-electron chi connectivity index (χ1n) is 12.9. The number of nitrogens with one attached hydrogen (secondary N) is 1. The summed E-state index contributed by atoms with van der Waals surface area (Å²) in [5.41, 5.74) is 2.06. The van der Waals surface area contributed by atoms with E-state index in [1.807, 2.05) is 58.0 Å². The van der Waals surface area contributed by atoms with Gasteiger partial charge in [-0.1, -0.05) is 17.7 Å². The number of benzene rings is 1. The molecule has 1 saturated carbocycles. The van der Waals surface area contributed by atoms with E-state index in [1.165, 1.54) is 15.8 Å². The second-order valence-electron chi connectivity index (χ2n) is 10.7. The number of pyridine rings is 1. The number of aryl methyl sites for hydroxylation is 1. The molecule has 204 valence electrons. The Labute approximate surface area is 231 Å². The maximum atomic E-state index is 13.0. The Morgan fingerprint density at radius 1 is 1.23 bits per heavy atom. The summed E-state index contributed by atoms with van der Waals surface area (Å²) in [5.74, 6) is 0.433. The molecule has 1 aliphatic rings. The zero-order valence-corrected chi connectivity index (χ0v) is 22.7. The van der Waals surface area contributed by atoms with Gasteiger partial charge in [0.15, 0.2) is 11.4 Å². The zero-order valence-electron chi connectivity index (χ0n) is 22.7. The molecule has 3 aromatic heterocycles. The van der Waals surface area contributed by atoms with Crippen LogP contribution in [0.2, 0.25) is 0 Å². The molecule has 0 atom stereocenters. The maximum Gasteiger partial charge on any atom is 0.416 e. The molecule has 1 N–H and O–H groups in total. The summed E-state index contributed by atoms with van der Waals surface area (Å²) in [4.78, 5) is 36.2. The molecule has 0 bridgehead atoms. The molecule has 0 radical (unpaired) electrons. The SMILES string of the molecule is Cc1ccc(-n2cc(NC(=O)c3coc(-c4ccnc(N(CC5CC5)C(=O)OC(C)(C)C)c4)n3)c(C#N)n2)cc1. The van der Waals surface area contributed by atoms with Gasteiger partial charge in [-0.05, 0) is 70.7 Å². The van der Waals surface area contributed by atoms with Crippen LogP contribution in [0.15, 0.2) is 59.5 Å². The molecule has 0 aliphatic heterocycles. The molecule has 0 unspecified atom stereocenters. The second kappa shape index (κ2) is 10.6. The smallest absolute Gasteiger partial charge is 0.416 e. The molecule has 11 heteroatoms. The number of anilines is 2. The Hall–Kier alpha value is -4.98. The normalized spacial score (nSPS) is 13.0. The molecule has 1 aromatic carbocycles. The average molecular weight is 540 g/mol. The monoisotopic (exact) mass is 539 g/mol. The number of carbonyl (C=O) groups is 2. The van der Waals surface area contributed by atoms with Crippen LogP contribution >= 0.6 is 0 Å². The molecular formula is C29H29N7O4. The number of nitrogens with zero attached hydrogens (tertiary/aromatic N) is 6. The minimum Gasteiger partial charge on any atom is -0.444 e. The summed E-state index contributed by atoms with van der Waals surface area (Å²) in [6, 6.07) is 13.0. The number of hydrogen-bond donors (Lipinski definition) is 1. The summed E-state index contributed by atoms with van der Waals surface area (Å²) in [6.07, 6.45) is 5.98. The Morgan fingerprint density at radius 2 is 1.98 bits per heavy atom. The highest BCUT2D eigenvalue weighted by atomic mass is 16.6. The lowest BCUT2D eigenvalue weighted by molar-refractivity contribution is 0.0577. The van der Waals surface area contributed by atoms with Gasteiger partial charge < -0.3 is 14.5 Å². The third-order valence-electron chi connectivity index (χ3n) is 6.12. The first kappa shape index (κ1) is 26.6. The number of amides is 2. The number of nitriles is 1. The first-order valence-corrected chi connectivity index (χ1v) is 12.9. The van der Waals surface area contributed by atoms with Crippen molar-refractivity contribution in [1.29, 1.82) is 5.26 Å². The van der Waals surface area contributed by atoms with Gasteiger partial charge in [-0.15, -0.1) is 0 Å². The summed E-state index contributed by atoms with van der Waals surface area (Å²) in [6.45, 7) is 7.93. The Balaban J connectivity index is 1.34. The highest BCUT2D eigenvalue weighted by molar-refractivity contribution is 6.03. The predicted octanol–water partition coefficient (Wildman–Crippen LogP) is 5.51. The van der Waals surface area contributed by atoms with Crippen molar-refractivity contribution in [2.45, 2.75) is 46.1 Å². The average Bonchev–Trinajstić information content (AvgIpc) is 3.43. The number of rotatable bonds is 7. The number of hydrogen-bond acceptors (Lipinski definition) is 8. The summed E-state index contributed by atoms with van der Waals surface area (Å²) < 4.78 is 12.7. The third-order valence-corrected chi connectivity index (χ3v) is 6.12. The highest BCUT2D eigenvalue weighted by Crippen LogP contribution is 2.33. The van der Waals surface area contributed by atoms with Crippen LogP contribution < -0.4 is 10.2 Å². The van der Waals surface area contributed by atoms with Crippen molar-refractivity contribution in [2.75, 3.05) is 16.8 Å². The van der Waals surface area contributed by atoms with Gasteiger partial charge in [-0.2, -0.15) is 10.4 Å². The predicted molar refractivity (Wildman–Crippen MR) is 147 cm³/mol. The van der Waals surface area contributed by atoms with Crippen molar-refractivity contribution in [1.82, 2.24) is 19.7 Å². The van der Waals surface area contributed by atoms with Gasteiger partial charge in [0.2, 0.25) is 5.89 Å². The second-order valence-corrected chi connectivity index (χ2v) is 10.7. The van der Waals surface area contributed by atoms with Crippen molar-refractivity contribution in [3.8, 4) is 23.2 Å². The van der Waals surface area contributed by atoms with Gasteiger partial charge in [0.05, 0.1) is 17.6 Å². The van der Waals surface area contributed by atoms with E-state index < -0.39 is 17.6 Å². The Kier molecular flexibility index (Phi) is 7.09. The van der Waals surface area contributed by atoms with Crippen LogP contribution in [0.4, 0.5) is 16.3 Å². The lowest BCUT2D eigenvalue weighted by Crippen LogP contribution is -2.38. The van der Waals surface area contributed by atoms with E-state index in [-0.39, 0.29) is 23.0 Å². The number of oxazole rings is 1. The molecular weight excluding hydrogens is 510 g/mol. The fraction of sp³-hybridized carbons (Fsp3) is 0.310. The third kappa shape index (κ3) is 6.18. The van der Waals surface area contributed by atoms with Crippen molar-refractivity contribution in [2.24, 2.45) is 5.92 Å². The van der Waals surface area contributed by atoms with Crippen molar-refractivity contribution in [3.05, 3.63) is 72.0 Å². The van der Waals surface area contributed by atoms with E-state index in [9.17, 15) is 14.9 Å². The van der Waals surface area contributed by atoms with Crippen LogP contribution in [0.5, 0.6) is 0 Å². The van der Waals surface area contributed by atoms with Gasteiger partial charge in [0.25, 0.3) is 5.91 Å². The Bertz CT molecular complexity index is 1590. The lowest BCUT2D eigenvalue weighted by Gasteiger charge is -2.27. The molecule has 0 spiro atoms. The fourth-order valence-corrected chi connectivity index (χ4v) is 3.91. The molecule has 4 aromatic rings. The van der Waals surface area contributed by atoms with E-state index >= 15 is 0 Å². The van der Waals surface area contributed by atoms with Gasteiger partial charge in [-0.25, -0.2) is 19.4 Å². The van der Waals surface area contributed by atoms with E-state index in [1.54, 1.807) is 24.5 Å². The quantitative estimate of drug-likeness (QED) is 0.324. The number of aromatic nitrogens is 4. The van der Waals surface area contributed by atoms with Crippen molar-refractivity contribution < 1.29 is 18.7 Å². The standard InChI is InChI=1S/C29H29N7O4/c1-18-5-9-21(10-6-18)36-16-23(22(14-30)34-36)32-26(37)24-17-39-27(33-24)20-11-12-31-25(13-20)35(15-19-7-8-19)28(38)40-29(2,3)4/h5-6,9-13,16-17,19H,7-8,15H2,1-4H3,(H,32,37). The summed E-state index contributed by atoms with van der Waals surface area (Å²) >= 11 is 0. The maximum absolute atomic E-state index is 13.0. The fourth-order valence-electron chi connectivity index (χ4n) is 3.91. The Morgan fingerprint density at radius 3 is 2.65 bits per heavy atom. The minimum atomic E-state index is -0.649. The molecule has 2 amide bonds. The lowest BCUT2D eigenvalue weighted by atomic mass is 10.2. The van der Waals surface area contributed by atoms with Crippen LogP contribution in [0.1, 0.15) is 55.4 Å². The summed E-state index contributed by atoms with van der Waals surface area (Å²) in [5, 5.41) is 16.5. The molecule has 40 heavy (non-hydrogen) atoms. The van der Waals surface area contributed by atoms with Crippen molar-refractivity contribution >= 4 is 23.5 Å². The molecule has 3 heterocycles. The first-order chi connectivity index (χ1) is 19.1. The largest absolute Gasteiger partial charge is 0.444 e. The van der Waals surface area contributed by atoms with E-state index in [0.29, 0.717) is 23.8 Å². The van der Waals surface area contributed by atoms with E-state index in [2.05, 4.69) is 20.4 Å². The minimum absolute atomic E-state index is 0.0160. The highest BCUT2D eigenvalue weighted by Gasteiger charge is 2.31. The van der Waals surface area contributed by atoms with Crippen LogP contribution in [0.25, 0.3) is 17.1 Å². The molecule has 1 fully saturated rings. The van der Waals surface area contributed by atoms with Crippen LogP contribution in [-0.2, 0) is 4.74 Å². The van der Waals surface area contributed by atoms with Crippen molar-refractivity contribution in [3.63, 3.8) is 0 Å². The van der Waals surface area contributed by atoms with Crippen LogP contribution in [0, 0.1) is 24.2 Å². The van der Waals surface area contributed by atoms with E-state index in [4.69, 9.17) is 9.15 Å². The van der Waals surface area contributed by atoms with Gasteiger partial charge >= 0.3 is 6.09 Å². The van der Waals surface area contributed by atoms with Crippen LogP contribution in [0.3, 0.4) is 0 Å². The van der Waals surface area contributed by atoms with Gasteiger partial charge in [0.1, 0.15) is 23.8 Å². The topological polar surface area (TPSA) is 139 Å². The van der Waals surface area contributed by atoms with Crippen LogP contribution in [-0.4, -0.2) is 43.9 Å². The molecule has 11 nitrogen and oxygen atoms in total. The van der Waals surface area contributed by atoms with E-state index in [0.717, 1.165) is 24.1 Å². The number of ether oxygens (including phenoxy) is 1. The molecule has 1 aliphatic carbocycles. The van der Waals surface area contributed by atoms with Gasteiger partial charge in [-0.3, -0.25) is 9.69 Å². The molecule has 0 saturated heterocycles. The zero-order chi connectivity index (χ0) is 28.4. The number of carbonyl (C=O) groups excluding carboxylic acids is 2.